The van der Waals surface area contributed by atoms with Gasteiger partial charge in [0.25, 0.3) is 0 Å². The summed E-state index contributed by atoms with van der Waals surface area (Å²) < 4.78 is 0. The summed E-state index contributed by atoms with van der Waals surface area (Å²) in [4.78, 5) is 11.7. The summed E-state index contributed by atoms with van der Waals surface area (Å²) in [7, 11) is 0. The Labute approximate surface area is 112 Å². The van der Waals surface area contributed by atoms with Crippen LogP contribution in [-0.2, 0) is 4.79 Å². The smallest absolute Gasteiger partial charge is 0.220 e. The van der Waals surface area contributed by atoms with Gasteiger partial charge in [0.1, 0.15) is 0 Å². The summed E-state index contributed by atoms with van der Waals surface area (Å²) in [6.07, 6.45) is 7.51. The number of nitrogens with one attached hydrogen (secondary N) is 1. The predicted molar refractivity (Wildman–Crippen MR) is 78.3 cm³/mol. The predicted octanol–water partition coefficient (Wildman–Crippen LogP) is 2.86. The molecule has 0 aliphatic rings. The molecule has 0 saturated heterocycles. The molecule has 3 heteroatoms. The molecule has 18 heavy (non-hydrogen) atoms. The van der Waals surface area contributed by atoms with Gasteiger partial charge < -0.3 is 11.1 Å². The summed E-state index contributed by atoms with van der Waals surface area (Å²) >= 11 is 0. The molecule has 0 saturated carbocycles. The highest BCUT2D eigenvalue weighted by Crippen LogP contribution is 2.31. The Morgan fingerprint density at radius 1 is 1.33 bits per heavy atom. The van der Waals surface area contributed by atoms with Crippen LogP contribution >= 0.6 is 0 Å². The van der Waals surface area contributed by atoms with Crippen LogP contribution in [0.5, 0.6) is 0 Å². The zero-order valence-electron chi connectivity index (χ0n) is 12.5. The normalized spacial score (nSPS) is 13.8. The quantitative estimate of drug-likeness (QED) is 0.517. The first-order valence-corrected chi connectivity index (χ1v) is 6.99. The first kappa shape index (κ1) is 17.2. The fraction of sp³-hybridized carbons (Fsp3) is 0.800. The van der Waals surface area contributed by atoms with Crippen LogP contribution in [0, 0.1) is 11.3 Å². The number of hydrogen-bond donors (Lipinski definition) is 2. The molecule has 0 aromatic rings. The summed E-state index contributed by atoms with van der Waals surface area (Å²) in [5, 5.41) is 2.94. The van der Waals surface area contributed by atoms with Crippen molar-refractivity contribution in [1.82, 2.24) is 5.32 Å². The van der Waals surface area contributed by atoms with E-state index in [0.29, 0.717) is 18.9 Å². The minimum absolute atomic E-state index is 0.158. The number of rotatable bonds is 8. The van der Waals surface area contributed by atoms with Crippen LogP contribution in [0.25, 0.3) is 0 Å². The number of carbonyl (C=O) groups excluding carboxylic acids is 1. The Bertz CT molecular complexity index is 254. The monoisotopic (exact) mass is 254 g/mol. The summed E-state index contributed by atoms with van der Waals surface area (Å²) in [5.41, 5.74) is 5.86. The molecule has 1 unspecified atom stereocenters. The van der Waals surface area contributed by atoms with E-state index in [0.717, 1.165) is 25.8 Å². The van der Waals surface area contributed by atoms with Gasteiger partial charge in [0.05, 0.1) is 0 Å². The molecule has 0 heterocycles. The van der Waals surface area contributed by atoms with Gasteiger partial charge in [-0.05, 0) is 44.1 Å². The number of hydrogen-bond acceptors (Lipinski definition) is 2. The molecule has 0 spiro atoms. The zero-order chi connectivity index (χ0) is 14.0. The number of carbonyl (C=O) groups is 1. The van der Waals surface area contributed by atoms with Crippen molar-refractivity contribution in [3.63, 3.8) is 0 Å². The second-order valence-electron chi connectivity index (χ2n) is 5.89. The van der Waals surface area contributed by atoms with E-state index in [4.69, 9.17) is 5.73 Å². The van der Waals surface area contributed by atoms with Gasteiger partial charge in [-0.25, -0.2) is 0 Å². The Morgan fingerprint density at radius 3 is 2.50 bits per heavy atom. The fourth-order valence-electron chi connectivity index (χ4n) is 2.07. The lowest BCUT2D eigenvalue weighted by molar-refractivity contribution is -0.121. The number of amides is 1. The molecule has 0 rings (SSSR count). The first-order valence-electron chi connectivity index (χ1n) is 6.99. The van der Waals surface area contributed by atoms with Crippen molar-refractivity contribution in [2.45, 2.75) is 53.4 Å². The van der Waals surface area contributed by atoms with E-state index in [2.05, 4.69) is 32.2 Å². The van der Waals surface area contributed by atoms with Gasteiger partial charge in [0.2, 0.25) is 5.91 Å². The van der Waals surface area contributed by atoms with E-state index in [9.17, 15) is 4.79 Å². The van der Waals surface area contributed by atoms with E-state index in [-0.39, 0.29) is 11.3 Å². The van der Waals surface area contributed by atoms with Gasteiger partial charge >= 0.3 is 0 Å². The maximum Gasteiger partial charge on any atom is 0.220 e. The van der Waals surface area contributed by atoms with Gasteiger partial charge in [0.15, 0.2) is 0 Å². The maximum atomic E-state index is 11.7. The number of nitrogens with two attached hydrogens (primary N) is 1. The first-order chi connectivity index (χ1) is 8.41. The molecule has 3 nitrogen and oxygen atoms in total. The minimum Gasteiger partial charge on any atom is -0.356 e. The SMILES string of the molecule is C/C=C/CCNC(=O)CCC(CCN)C(C)(C)C. The molecule has 0 aromatic carbocycles. The fourth-order valence-corrected chi connectivity index (χ4v) is 2.07. The van der Waals surface area contributed by atoms with Crippen LogP contribution in [0.15, 0.2) is 12.2 Å². The standard InChI is InChI=1S/C15H30N2O/c1-5-6-7-12-17-14(18)9-8-13(10-11-16)15(2,3)4/h5-6,13H,7-12,16H2,1-4H3,(H,17,18)/b6-5+. The van der Waals surface area contributed by atoms with E-state index < -0.39 is 0 Å². The van der Waals surface area contributed by atoms with Crippen molar-refractivity contribution in [3.05, 3.63) is 12.2 Å². The molecule has 0 aromatic heterocycles. The molecular formula is C15H30N2O. The van der Waals surface area contributed by atoms with Crippen molar-refractivity contribution in [2.24, 2.45) is 17.1 Å². The van der Waals surface area contributed by atoms with Crippen molar-refractivity contribution < 1.29 is 4.79 Å². The Morgan fingerprint density at radius 2 is 2.00 bits per heavy atom. The minimum atomic E-state index is 0.158. The van der Waals surface area contributed by atoms with E-state index in [1.165, 1.54) is 0 Å². The Hall–Kier alpha value is -0.830. The van der Waals surface area contributed by atoms with Crippen molar-refractivity contribution in [3.8, 4) is 0 Å². The highest BCUT2D eigenvalue weighted by molar-refractivity contribution is 5.75. The molecule has 1 amide bonds. The second-order valence-corrected chi connectivity index (χ2v) is 5.89. The van der Waals surface area contributed by atoms with Crippen LogP contribution in [-0.4, -0.2) is 19.0 Å². The van der Waals surface area contributed by atoms with Gasteiger partial charge in [-0.3, -0.25) is 4.79 Å². The lowest BCUT2D eigenvalue weighted by atomic mass is 9.76. The van der Waals surface area contributed by atoms with Crippen LogP contribution in [0.2, 0.25) is 0 Å². The number of allylic oxidation sites excluding steroid dienone is 1. The largest absolute Gasteiger partial charge is 0.356 e. The summed E-state index contributed by atoms with van der Waals surface area (Å²) in [6.45, 7) is 10.1. The third-order valence-electron chi connectivity index (χ3n) is 3.33. The van der Waals surface area contributed by atoms with Crippen molar-refractivity contribution in [1.29, 1.82) is 0 Å². The van der Waals surface area contributed by atoms with Crippen LogP contribution in [0.4, 0.5) is 0 Å². The molecule has 106 valence electrons. The third-order valence-corrected chi connectivity index (χ3v) is 3.33. The van der Waals surface area contributed by atoms with Crippen LogP contribution < -0.4 is 11.1 Å². The molecular weight excluding hydrogens is 224 g/mol. The molecule has 1 atom stereocenters. The van der Waals surface area contributed by atoms with Crippen molar-refractivity contribution in [2.75, 3.05) is 13.1 Å². The molecule has 0 aliphatic heterocycles. The van der Waals surface area contributed by atoms with Crippen LogP contribution in [0.1, 0.15) is 53.4 Å². The molecule has 0 bridgehead atoms. The maximum absolute atomic E-state index is 11.7. The molecule has 0 fully saturated rings. The van der Waals surface area contributed by atoms with Gasteiger partial charge in [0, 0.05) is 13.0 Å². The van der Waals surface area contributed by atoms with E-state index in [1.54, 1.807) is 0 Å². The topological polar surface area (TPSA) is 55.1 Å². The average Bonchev–Trinajstić information content (AvgIpc) is 2.28. The molecule has 3 N–H and O–H groups in total. The van der Waals surface area contributed by atoms with E-state index >= 15 is 0 Å². The highest BCUT2D eigenvalue weighted by atomic mass is 16.1. The summed E-state index contributed by atoms with van der Waals surface area (Å²) in [6, 6.07) is 0. The highest BCUT2D eigenvalue weighted by Gasteiger charge is 2.24. The Balaban J connectivity index is 3.93. The third kappa shape index (κ3) is 8.29. The second kappa shape index (κ2) is 9.15. The lowest BCUT2D eigenvalue weighted by Crippen LogP contribution is -2.28. The van der Waals surface area contributed by atoms with Crippen LogP contribution in [0.3, 0.4) is 0 Å². The summed E-state index contributed by atoms with van der Waals surface area (Å²) in [5.74, 6) is 0.676. The Kier molecular flexibility index (Phi) is 8.73. The van der Waals surface area contributed by atoms with Gasteiger partial charge in [-0.15, -0.1) is 0 Å². The van der Waals surface area contributed by atoms with E-state index in [1.807, 2.05) is 13.0 Å². The molecule has 0 radical (unpaired) electrons. The average molecular weight is 254 g/mol. The zero-order valence-corrected chi connectivity index (χ0v) is 12.5. The van der Waals surface area contributed by atoms with Gasteiger partial charge in [-0.2, -0.15) is 0 Å². The van der Waals surface area contributed by atoms with Gasteiger partial charge in [-0.1, -0.05) is 32.9 Å². The lowest BCUT2D eigenvalue weighted by Gasteiger charge is -2.30. The molecule has 0 aliphatic carbocycles. The van der Waals surface area contributed by atoms with Crippen molar-refractivity contribution >= 4 is 5.91 Å².